The minimum Gasteiger partial charge on any atom is -0.478 e. The van der Waals surface area contributed by atoms with E-state index in [0.717, 1.165) is 10.5 Å². The maximum Gasteiger partial charge on any atom is 0.337 e. The van der Waals surface area contributed by atoms with Crippen molar-refractivity contribution in [3.63, 3.8) is 0 Å². The van der Waals surface area contributed by atoms with Gasteiger partial charge in [-0.05, 0) is 59.0 Å². The SMILES string of the molecule is Brc1ccc(I)cc1.O=C(O)c1cccc(F)c1Cl. The third-order valence-electron chi connectivity index (χ3n) is 1.99. The van der Waals surface area contributed by atoms with Crippen LogP contribution in [0.3, 0.4) is 0 Å². The molecule has 0 aliphatic carbocycles. The van der Waals surface area contributed by atoms with E-state index >= 15 is 0 Å². The van der Waals surface area contributed by atoms with Gasteiger partial charge in [0.05, 0.1) is 10.6 Å². The van der Waals surface area contributed by atoms with Crippen LogP contribution in [0, 0.1) is 9.39 Å². The molecular formula is C13H8BrClFIO2. The molecule has 0 bridgehead atoms. The lowest BCUT2D eigenvalue weighted by atomic mass is 10.2. The molecule has 0 fully saturated rings. The van der Waals surface area contributed by atoms with Crippen molar-refractivity contribution in [1.29, 1.82) is 0 Å². The van der Waals surface area contributed by atoms with E-state index in [1.807, 2.05) is 12.1 Å². The monoisotopic (exact) mass is 456 g/mol. The normalized spacial score (nSPS) is 9.47. The molecule has 0 atom stereocenters. The molecule has 0 aromatic heterocycles. The zero-order chi connectivity index (χ0) is 14.4. The number of benzene rings is 2. The highest BCUT2D eigenvalue weighted by Crippen LogP contribution is 2.19. The summed E-state index contributed by atoms with van der Waals surface area (Å²) in [5.41, 5.74) is -0.216. The Labute approximate surface area is 136 Å². The third-order valence-corrected chi connectivity index (χ3v) is 3.62. The van der Waals surface area contributed by atoms with Gasteiger partial charge in [-0.1, -0.05) is 33.6 Å². The maximum atomic E-state index is 12.5. The van der Waals surface area contributed by atoms with Gasteiger partial charge in [0, 0.05) is 8.04 Å². The largest absolute Gasteiger partial charge is 0.478 e. The van der Waals surface area contributed by atoms with Crippen LogP contribution in [0.4, 0.5) is 4.39 Å². The first-order valence-corrected chi connectivity index (χ1v) is 7.25. The van der Waals surface area contributed by atoms with E-state index in [9.17, 15) is 9.18 Å². The Kier molecular flexibility index (Phi) is 6.74. The van der Waals surface area contributed by atoms with E-state index in [0.29, 0.717) is 0 Å². The van der Waals surface area contributed by atoms with Gasteiger partial charge in [0.2, 0.25) is 0 Å². The van der Waals surface area contributed by atoms with Gasteiger partial charge in [-0.2, -0.15) is 0 Å². The first-order chi connectivity index (χ1) is 8.91. The molecule has 100 valence electrons. The van der Waals surface area contributed by atoms with Gasteiger partial charge in [0.25, 0.3) is 0 Å². The molecule has 0 spiro atoms. The summed E-state index contributed by atoms with van der Waals surface area (Å²) in [6.07, 6.45) is 0. The van der Waals surface area contributed by atoms with E-state index < -0.39 is 11.8 Å². The first kappa shape index (κ1) is 16.4. The molecule has 0 unspecified atom stereocenters. The number of carboxylic acid groups (broad SMARTS) is 1. The van der Waals surface area contributed by atoms with Crippen LogP contribution in [0.25, 0.3) is 0 Å². The van der Waals surface area contributed by atoms with Crippen LogP contribution in [-0.4, -0.2) is 11.1 Å². The minimum absolute atomic E-state index is 0.216. The quantitative estimate of drug-likeness (QED) is 0.596. The summed E-state index contributed by atoms with van der Waals surface area (Å²) in [4.78, 5) is 10.3. The summed E-state index contributed by atoms with van der Waals surface area (Å²) < 4.78 is 15.0. The molecule has 2 rings (SSSR count). The Bertz CT molecular complexity index is 554. The fourth-order valence-corrected chi connectivity index (χ4v) is 1.93. The molecular weight excluding hydrogens is 449 g/mol. The number of rotatable bonds is 1. The highest BCUT2D eigenvalue weighted by atomic mass is 127. The van der Waals surface area contributed by atoms with Crippen LogP contribution in [0.5, 0.6) is 0 Å². The van der Waals surface area contributed by atoms with Crippen LogP contribution in [0.15, 0.2) is 46.9 Å². The predicted molar refractivity (Wildman–Crippen MR) is 85.2 cm³/mol. The van der Waals surface area contributed by atoms with Crippen LogP contribution < -0.4 is 0 Å². The first-order valence-electron chi connectivity index (χ1n) is 5.00. The number of hydrogen-bond donors (Lipinski definition) is 1. The fourth-order valence-electron chi connectivity index (χ4n) is 1.10. The van der Waals surface area contributed by atoms with Crippen molar-refractivity contribution in [3.8, 4) is 0 Å². The molecule has 0 aliphatic heterocycles. The predicted octanol–water partition coefficient (Wildman–Crippen LogP) is 5.23. The third kappa shape index (κ3) is 5.46. The number of aromatic carboxylic acids is 1. The molecule has 0 radical (unpaired) electrons. The van der Waals surface area contributed by atoms with Gasteiger partial charge in [-0.3, -0.25) is 0 Å². The Hall–Kier alpha value is -0.660. The number of hydrogen-bond acceptors (Lipinski definition) is 1. The van der Waals surface area contributed by atoms with Gasteiger partial charge >= 0.3 is 5.97 Å². The van der Waals surface area contributed by atoms with Gasteiger partial charge in [0.1, 0.15) is 5.82 Å². The lowest BCUT2D eigenvalue weighted by molar-refractivity contribution is 0.0696. The average Bonchev–Trinajstić information content (AvgIpc) is 2.37. The second kappa shape index (κ2) is 7.81. The zero-order valence-corrected chi connectivity index (χ0v) is 13.9. The summed E-state index contributed by atoms with van der Waals surface area (Å²) in [6.45, 7) is 0. The molecule has 2 nitrogen and oxygen atoms in total. The zero-order valence-electron chi connectivity index (χ0n) is 9.41. The van der Waals surface area contributed by atoms with Crippen LogP contribution in [0.1, 0.15) is 10.4 Å². The summed E-state index contributed by atoms with van der Waals surface area (Å²) in [6, 6.07) is 11.8. The van der Waals surface area contributed by atoms with E-state index in [-0.39, 0.29) is 10.6 Å². The smallest absolute Gasteiger partial charge is 0.337 e. The Balaban J connectivity index is 0.000000200. The van der Waals surface area contributed by atoms with Crippen molar-refractivity contribution < 1.29 is 14.3 Å². The number of carbonyl (C=O) groups is 1. The molecule has 2 aromatic rings. The molecule has 0 heterocycles. The maximum absolute atomic E-state index is 12.5. The fraction of sp³-hybridized carbons (Fsp3) is 0. The van der Waals surface area contributed by atoms with Crippen LogP contribution in [0.2, 0.25) is 5.02 Å². The van der Waals surface area contributed by atoms with Gasteiger partial charge in [0.15, 0.2) is 0 Å². The topological polar surface area (TPSA) is 37.3 Å². The van der Waals surface area contributed by atoms with Crippen LogP contribution >= 0.6 is 50.1 Å². The van der Waals surface area contributed by atoms with E-state index in [1.165, 1.54) is 15.7 Å². The molecule has 2 aromatic carbocycles. The standard InChI is InChI=1S/C7H4ClFO2.C6H4BrI/c8-6-4(7(10)11)2-1-3-5(6)9;7-5-1-3-6(8)4-2-5/h1-3H,(H,10,11);1-4H. The van der Waals surface area contributed by atoms with Crippen molar-refractivity contribution in [2.75, 3.05) is 0 Å². The number of carboxylic acids is 1. The molecule has 0 saturated carbocycles. The van der Waals surface area contributed by atoms with Crippen molar-refractivity contribution >= 4 is 56.1 Å². The van der Waals surface area contributed by atoms with Crippen LogP contribution in [-0.2, 0) is 0 Å². The summed E-state index contributed by atoms with van der Waals surface area (Å²) in [5.74, 6) is -1.94. The van der Waals surface area contributed by atoms with Crippen molar-refractivity contribution in [2.24, 2.45) is 0 Å². The second-order valence-electron chi connectivity index (χ2n) is 3.34. The van der Waals surface area contributed by atoms with Gasteiger partial charge < -0.3 is 5.11 Å². The number of halogens is 4. The van der Waals surface area contributed by atoms with E-state index in [4.69, 9.17) is 16.7 Å². The van der Waals surface area contributed by atoms with Crippen molar-refractivity contribution in [3.05, 3.63) is 66.9 Å². The lowest BCUT2D eigenvalue weighted by Crippen LogP contribution is -1.98. The Morgan fingerprint density at radius 1 is 1.21 bits per heavy atom. The summed E-state index contributed by atoms with van der Waals surface area (Å²) >= 11 is 11.0. The van der Waals surface area contributed by atoms with Gasteiger partial charge in [-0.15, -0.1) is 0 Å². The highest BCUT2D eigenvalue weighted by Gasteiger charge is 2.10. The summed E-state index contributed by atoms with van der Waals surface area (Å²) in [7, 11) is 0. The molecule has 0 aliphatic rings. The Morgan fingerprint density at radius 3 is 2.21 bits per heavy atom. The molecule has 1 N–H and O–H groups in total. The molecule has 0 saturated heterocycles. The second-order valence-corrected chi connectivity index (χ2v) is 5.88. The van der Waals surface area contributed by atoms with E-state index in [1.54, 1.807) is 0 Å². The minimum atomic E-state index is -1.23. The molecule has 6 heteroatoms. The lowest BCUT2D eigenvalue weighted by Gasteiger charge is -1.97. The van der Waals surface area contributed by atoms with E-state index in [2.05, 4.69) is 50.7 Å². The highest BCUT2D eigenvalue weighted by molar-refractivity contribution is 14.1. The Morgan fingerprint density at radius 2 is 1.79 bits per heavy atom. The van der Waals surface area contributed by atoms with Gasteiger partial charge in [-0.25, -0.2) is 9.18 Å². The molecule has 0 amide bonds. The van der Waals surface area contributed by atoms with Crippen molar-refractivity contribution in [1.82, 2.24) is 0 Å². The average molecular weight is 457 g/mol. The summed E-state index contributed by atoms with van der Waals surface area (Å²) in [5, 5.41) is 8.09. The van der Waals surface area contributed by atoms with Crippen molar-refractivity contribution in [2.45, 2.75) is 0 Å². The molecule has 19 heavy (non-hydrogen) atoms.